The molecule has 3 N–H and O–H groups in total. The van der Waals surface area contributed by atoms with Crippen LogP contribution in [0.25, 0.3) is 24.3 Å². The second-order valence-electron chi connectivity index (χ2n) is 9.05. The molecule has 0 aromatic heterocycles. The molecule has 0 spiro atoms. The molecule has 0 saturated carbocycles. The van der Waals surface area contributed by atoms with Crippen molar-refractivity contribution in [3.8, 4) is 28.7 Å². The third-order valence-corrected chi connectivity index (χ3v) is 5.55. The van der Waals surface area contributed by atoms with Crippen molar-refractivity contribution >= 4 is 36.2 Å². The first-order valence-corrected chi connectivity index (χ1v) is 12.9. The van der Waals surface area contributed by atoms with Gasteiger partial charge in [0.2, 0.25) is 0 Å². The molecule has 0 atom stereocenters. The highest BCUT2D eigenvalue weighted by atomic mass is 16.5. The molecule has 4 aromatic rings. The standard InChI is InChI=1S/C18H18O4.C16H14O4/c1-13(20)22-17-7-5-14(6-8-17)3-4-15-9-16(12-19)11-18(10-15)21-2;1-11(17)20-16-6-4-12(5-7-16)2-3-13-8-14(18)10-15(19)9-13/h3-11,19H,12H2,1-2H3;2-10,18-19H,1H3/b4-3+;3-2+. The second kappa shape index (κ2) is 15.4. The van der Waals surface area contributed by atoms with Crippen LogP contribution < -0.4 is 14.2 Å². The van der Waals surface area contributed by atoms with Crippen LogP contribution in [0.5, 0.6) is 28.7 Å². The molecule has 0 heterocycles. The summed E-state index contributed by atoms with van der Waals surface area (Å²) in [7, 11) is 1.59. The molecular formula is C34H32O8. The Labute approximate surface area is 244 Å². The summed E-state index contributed by atoms with van der Waals surface area (Å²) in [5, 5.41) is 28.0. The number of benzene rings is 4. The second-order valence-corrected chi connectivity index (χ2v) is 9.05. The van der Waals surface area contributed by atoms with Crippen molar-refractivity contribution in [1.29, 1.82) is 0 Å². The van der Waals surface area contributed by atoms with E-state index in [2.05, 4.69) is 0 Å². The first-order chi connectivity index (χ1) is 20.1. The number of hydrogen-bond acceptors (Lipinski definition) is 8. The lowest BCUT2D eigenvalue weighted by Crippen LogP contribution is -2.00. The number of aliphatic hydroxyl groups is 1. The third-order valence-electron chi connectivity index (χ3n) is 5.55. The van der Waals surface area contributed by atoms with Crippen LogP contribution in [0.4, 0.5) is 0 Å². The maximum atomic E-state index is 10.9. The van der Waals surface area contributed by atoms with E-state index >= 15 is 0 Å². The van der Waals surface area contributed by atoms with Crippen molar-refractivity contribution in [2.45, 2.75) is 20.5 Å². The van der Waals surface area contributed by atoms with Gasteiger partial charge in [0.05, 0.1) is 13.7 Å². The van der Waals surface area contributed by atoms with Crippen LogP contribution in [0.3, 0.4) is 0 Å². The zero-order chi connectivity index (χ0) is 30.5. The number of esters is 2. The highest BCUT2D eigenvalue weighted by Crippen LogP contribution is 2.23. The molecule has 0 unspecified atom stereocenters. The van der Waals surface area contributed by atoms with E-state index in [0.29, 0.717) is 22.8 Å². The van der Waals surface area contributed by atoms with Crippen LogP contribution in [-0.2, 0) is 16.2 Å². The lowest BCUT2D eigenvalue weighted by Gasteiger charge is -2.05. The summed E-state index contributed by atoms with van der Waals surface area (Å²) in [4.78, 5) is 21.7. The number of aliphatic hydroxyl groups excluding tert-OH is 1. The minimum atomic E-state index is -0.358. The zero-order valence-electron chi connectivity index (χ0n) is 23.5. The van der Waals surface area contributed by atoms with Gasteiger partial charge in [-0.25, -0.2) is 0 Å². The molecule has 216 valence electrons. The molecule has 0 amide bonds. The van der Waals surface area contributed by atoms with Gasteiger partial charge in [-0.3, -0.25) is 9.59 Å². The number of hydrogen-bond donors (Lipinski definition) is 3. The van der Waals surface area contributed by atoms with Crippen molar-refractivity contribution in [2.75, 3.05) is 7.11 Å². The van der Waals surface area contributed by atoms with E-state index in [1.54, 1.807) is 67.8 Å². The normalized spacial score (nSPS) is 10.7. The molecular weight excluding hydrogens is 536 g/mol. The van der Waals surface area contributed by atoms with E-state index in [4.69, 9.17) is 14.2 Å². The molecule has 4 rings (SSSR count). The van der Waals surface area contributed by atoms with Gasteiger partial charge >= 0.3 is 11.9 Å². The lowest BCUT2D eigenvalue weighted by atomic mass is 10.1. The largest absolute Gasteiger partial charge is 0.508 e. The summed E-state index contributed by atoms with van der Waals surface area (Å²) in [5.41, 5.74) is 4.30. The van der Waals surface area contributed by atoms with E-state index in [1.807, 2.05) is 42.5 Å². The zero-order valence-corrected chi connectivity index (χ0v) is 23.5. The Morgan fingerprint density at radius 2 is 1.02 bits per heavy atom. The van der Waals surface area contributed by atoms with E-state index in [9.17, 15) is 24.9 Å². The van der Waals surface area contributed by atoms with Crippen molar-refractivity contribution in [3.05, 3.63) is 113 Å². The molecule has 0 fully saturated rings. The van der Waals surface area contributed by atoms with Gasteiger partial charge in [-0.1, -0.05) is 48.6 Å². The number of phenolic OH excluding ortho intramolecular Hbond substituents is 2. The summed E-state index contributed by atoms with van der Waals surface area (Å²) in [6.45, 7) is 2.69. The van der Waals surface area contributed by atoms with Crippen molar-refractivity contribution < 1.29 is 39.1 Å². The predicted molar refractivity (Wildman–Crippen MR) is 162 cm³/mol. The van der Waals surface area contributed by atoms with Gasteiger partial charge in [0.1, 0.15) is 28.7 Å². The van der Waals surface area contributed by atoms with Crippen LogP contribution in [0.1, 0.15) is 41.7 Å². The average molecular weight is 569 g/mol. The molecule has 8 nitrogen and oxygen atoms in total. The number of rotatable bonds is 8. The topological polar surface area (TPSA) is 123 Å². The quantitative estimate of drug-likeness (QED) is 0.125. The molecule has 0 aliphatic rings. The fraction of sp³-hybridized carbons (Fsp3) is 0.118. The maximum absolute atomic E-state index is 10.9. The van der Waals surface area contributed by atoms with Gasteiger partial charge in [0, 0.05) is 19.9 Å². The van der Waals surface area contributed by atoms with E-state index in [1.165, 1.54) is 19.9 Å². The summed E-state index contributed by atoms with van der Waals surface area (Å²) < 4.78 is 15.1. The first-order valence-electron chi connectivity index (χ1n) is 12.9. The van der Waals surface area contributed by atoms with Crippen LogP contribution in [-0.4, -0.2) is 34.4 Å². The summed E-state index contributed by atoms with van der Waals surface area (Å²) in [5.74, 6) is 1.04. The van der Waals surface area contributed by atoms with Crippen molar-refractivity contribution in [1.82, 2.24) is 0 Å². The molecule has 0 aliphatic carbocycles. The number of phenols is 2. The third kappa shape index (κ3) is 10.7. The van der Waals surface area contributed by atoms with Gasteiger partial charge in [0.25, 0.3) is 0 Å². The molecule has 8 heteroatoms. The summed E-state index contributed by atoms with van der Waals surface area (Å²) >= 11 is 0. The van der Waals surface area contributed by atoms with Crippen LogP contribution in [0.2, 0.25) is 0 Å². The van der Waals surface area contributed by atoms with E-state index in [0.717, 1.165) is 22.3 Å². The highest BCUT2D eigenvalue weighted by Gasteiger charge is 2.01. The smallest absolute Gasteiger partial charge is 0.308 e. The summed E-state index contributed by atoms with van der Waals surface area (Å²) in [6.07, 6.45) is 7.46. The van der Waals surface area contributed by atoms with Crippen molar-refractivity contribution in [2.24, 2.45) is 0 Å². The maximum Gasteiger partial charge on any atom is 0.308 e. The number of carbonyl (C=O) groups is 2. The Morgan fingerprint density at radius 3 is 1.43 bits per heavy atom. The van der Waals surface area contributed by atoms with Crippen LogP contribution >= 0.6 is 0 Å². The van der Waals surface area contributed by atoms with Gasteiger partial charge in [-0.05, 0) is 82.4 Å². The monoisotopic (exact) mass is 568 g/mol. The summed E-state index contributed by atoms with van der Waals surface area (Å²) in [6, 6.07) is 24.1. The van der Waals surface area contributed by atoms with Gasteiger partial charge in [-0.15, -0.1) is 0 Å². The van der Waals surface area contributed by atoms with Gasteiger partial charge in [0.15, 0.2) is 0 Å². The number of aromatic hydroxyl groups is 2. The first kappa shape index (κ1) is 31.2. The van der Waals surface area contributed by atoms with Crippen LogP contribution in [0, 0.1) is 0 Å². The van der Waals surface area contributed by atoms with Gasteiger partial charge in [-0.2, -0.15) is 0 Å². The minimum Gasteiger partial charge on any atom is -0.508 e. The Bertz CT molecular complexity index is 1510. The van der Waals surface area contributed by atoms with E-state index < -0.39 is 0 Å². The molecule has 0 aliphatic heterocycles. The van der Waals surface area contributed by atoms with Crippen LogP contribution in [0.15, 0.2) is 84.9 Å². The molecule has 42 heavy (non-hydrogen) atoms. The Kier molecular flexibility index (Phi) is 11.5. The molecule has 4 aromatic carbocycles. The number of carbonyl (C=O) groups excluding carboxylic acids is 2. The SMILES string of the molecule is CC(=O)Oc1ccc(/C=C/c2cc(O)cc(O)c2)cc1.COc1cc(/C=C/c2ccc(OC(C)=O)cc2)cc(CO)c1. The highest BCUT2D eigenvalue weighted by molar-refractivity contribution is 5.73. The lowest BCUT2D eigenvalue weighted by molar-refractivity contribution is -0.132. The van der Waals surface area contributed by atoms with Crippen molar-refractivity contribution in [3.63, 3.8) is 0 Å². The Hall–Kier alpha value is -5.34. The Morgan fingerprint density at radius 1 is 0.595 bits per heavy atom. The molecule has 0 radical (unpaired) electrons. The Balaban J connectivity index is 0.000000231. The molecule has 0 bridgehead atoms. The molecule has 0 saturated heterocycles. The predicted octanol–water partition coefficient (Wildman–Crippen LogP) is 6.48. The van der Waals surface area contributed by atoms with E-state index in [-0.39, 0.29) is 30.0 Å². The van der Waals surface area contributed by atoms with Gasteiger partial charge < -0.3 is 29.5 Å². The minimum absolute atomic E-state index is 0.00913. The number of ether oxygens (including phenoxy) is 3. The average Bonchev–Trinajstić information content (AvgIpc) is 2.95. The number of methoxy groups -OCH3 is 1. The fourth-order valence-electron chi connectivity index (χ4n) is 3.72. The fourth-order valence-corrected chi connectivity index (χ4v) is 3.72.